The summed E-state index contributed by atoms with van der Waals surface area (Å²) in [5.74, 6) is 0. The number of ether oxygens (including phenoxy) is 1. The minimum absolute atomic E-state index is 0.262. The monoisotopic (exact) mass is 251 g/mol. The summed E-state index contributed by atoms with van der Waals surface area (Å²) in [4.78, 5) is 5.10. The minimum atomic E-state index is -0.262. The van der Waals surface area contributed by atoms with Crippen molar-refractivity contribution in [1.29, 1.82) is 0 Å². The Morgan fingerprint density at radius 1 is 0.789 bits per heavy atom. The number of benzene rings is 2. The molecule has 0 N–H and O–H groups in total. The molecule has 0 aliphatic carbocycles. The molecular formula is C16H13NO2. The zero-order valence-electron chi connectivity index (χ0n) is 10.3. The summed E-state index contributed by atoms with van der Waals surface area (Å²) in [5.41, 5.74) is 2.79. The Balaban J connectivity index is 2.02. The summed E-state index contributed by atoms with van der Waals surface area (Å²) in [6.45, 7) is 0. The Morgan fingerprint density at radius 2 is 1.47 bits per heavy atom. The van der Waals surface area contributed by atoms with Gasteiger partial charge in [0.1, 0.15) is 12.0 Å². The van der Waals surface area contributed by atoms with E-state index in [4.69, 9.17) is 9.57 Å². The molecule has 0 fully saturated rings. The molecular weight excluding hydrogens is 238 g/mol. The number of hydrogen-bond acceptors (Lipinski definition) is 3. The lowest BCUT2D eigenvalue weighted by Gasteiger charge is -2.17. The van der Waals surface area contributed by atoms with Crippen molar-refractivity contribution in [2.24, 2.45) is 5.16 Å². The summed E-state index contributed by atoms with van der Waals surface area (Å²) in [5, 5.41) is 4.16. The second-order valence-corrected chi connectivity index (χ2v) is 4.15. The predicted octanol–water partition coefficient (Wildman–Crippen LogP) is 3.65. The highest BCUT2D eigenvalue weighted by Gasteiger charge is 2.22. The molecule has 0 amide bonds. The fourth-order valence-electron chi connectivity index (χ4n) is 2.01. The highest BCUT2D eigenvalue weighted by atomic mass is 16.6. The van der Waals surface area contributed by atoms with Crippen molar-refractivity contribution in [1.82, 2.24) is 0 Å². The molecule has 2 aromatic carbocycles. The van der Waals surface area contributed by atoms with Crippen molar-refractivity contribution in [3.63, 3.8) is 0 Å². The van der Waals surface area contributed by atoms with Gasteiger partial charge in [0.2, 0.25) is 0 Å². The first-order valence-electron chi connectivity index (χ1n) is 6.10. The molecule has 1 aliphatic heterocycles. The molecule has 0 aromatic heterocycles. The van der Waals surface area contributed by atoms with Gasteiger partial charge in [-0.1, -0.05) is 65.8 Å². The fraction of sp³-hybridized carbons (Fsp3) is 0.0625. The molecule has 0 bridgehead atoms. The molecule has 0 radical (unpaired) electrons. The van der Waals surface area contributed by atoms with E-state index in [-0.39, 0.29) is 6.10 Å². The van der Waals surface area contributed by atoms with E-state index in [1.807, 2.05) is 60.7 Å². The Labute approximate surface area is 111 Å². The normalized spacial score (nSPS) is 17.9. The van der Waals surface area contributed by atoms with Crippen LogP contribution in [0, 0.1) is 0 Å². The molecule has 0 spiro atoms. The summed E-state index contributed by atoms with van der Waals surface area (Å²) < 4.78 is 5.72. The van der Waals surface area contributed by atoms with Gasteiger partial charge in [0.05, 0.1) is 0 Å². The van der Waals surface area contributed by atoms with Gasteiger partial charge in [0, 0.05) is 5.56 Å². The maximum atomic E-state index is 5.72. The lowest BCUT2D eigenvalue weighted by Crippen LogP contribution is -2.15. The van der Waals surface area contributed by atoms with Crippen LogP contribution >= 0.6 is 0 Å². The van der Waals surface area contributed by atoms with Crippen LogP contribution in [0.3, 0.4) is 0 Å². The number of hydrogen-bond donors (Lipinski definition) is 0. The minimum Gasteiger partial charge on any atom is -0.483 e. The van der Waals surface area contributed by atoms with Gasteiger partial charge in [-0.25, -0.2) is 0 Å². The van der Waals surface area contributed by atoms with Crippen molar-refractivity contribution in [2.75, 3.05) is 0 Å². The van der Waals surface area contributed by atoms with Gasteiger partial charge >= 0.3 is 0 Å². The Morgan fingerprint density at radius 3 is 2.21 bits per heavy atom. The molecule has 2 aromatic rings. The molecule has 19 heavy (non-hydrogen) atoms. The van der Waals surface area contributed by atoms with Crippen LogP contribution in [0.25, 0.3) is 0 Å². The molecule has 1 aliphatic rings. The Bertz CT molecular complexity index is 591. The van der Waals surface area contributed by atoms with Crippen LogP contribution in [-0.4, -0.2) is 5.71 Å². The first kappa shape index (κ1) is 11.5. The first-order chi connectivity index (χ1) is 9.45. The first-order valence-corrected chi connectivity index (χ1v) is 6.10. The van der Waals surface area contributed by atoms with Crippen LogP contribution in [0.5, 0.6) is 0 Å². The van der Waals surface area contributed by atoms with Gasteiger partial charge in [0.25, 0.3) is 0 Å². The second kappa shape index (κ2) is 5.40. The van der Waals surface area contributed by atoms with E-state index in [1.165, 1.54) is 12.5 Å². The third-order valence-corrected chi connectivity index (χ3v) is 2.90. The zero-order chi connectivity index (χ0) is 12.9. The average molecular weight is 251 g/mol. The molecule has 1 unspecified atom stereocenters. The molecule has 1 atom stereocenters. The fourth-order valence-corrected chi connectivity index (χ4v) is 2.01. The number of oxime groups is 1. The van der Waals surface area contributed by atoms with Crippen LogP contribution in [0.15, 0.2) is 78.3 Å². The maximum Gasteiger partial charge on any atom is 0.169 e. The SMILES string of the molecule is C1=COC(c2ccccc2)C(c2ccccc2)=NO1. The summed E-state index contributed by atoms with van der Waals surface area (Å²) >= 11 is 0. The van der Waals surface area contributed by atoms with Gasteiger partial charge in [-0.15, -0.1) is 0 Å². The smallest absolute Gasteiger partial charge is 0.169 e. The predicted molar refractivity (Wildman–Crippen MR) is 73.5 cm³/mol. The average Bonchev–Trinajstić information content (AvgIpc) is 2.75. The molecule has 0 saturated carbocycles. The second-order valence-electron chi connectivity index (χ2n) is 4.15. The van der Waals surface area contributed by atoms with Crippen LogP contribution in [0.1, 0.15) is 17.2 Å². The van der Waals surface area contributed by atoms with Gasteiger partial charge in [-0.3, -0.25) is 0 Å². The van der Waals surface area contributed by atoms with Crippen LogP contribution in [0.4, 0.5) is 0 Å². The molecule has 94 valence electrons. The van der Waals surface area contributed by atoms with E-state index >= 15 is 0 Å². The standard InChI is InChI=1S/C16H13NO2/c1-3-7-13(8-4-1)15-16(18-11-12-19-17-15)14-9-5-2-6-10-14/h1-12,16H. The van der Waals surface area contributed by atoms with Crippen molar-refractivity contribution < 1.29 is 9.57 Å². The quantitative estimate of drug-likeness (QED) is 0.815. The van der Waals surface area contributed by atoms with Crippen molar-refractivity contribution >= 4 is 5.71 Å². The van der Waals surface area contributed by atoms with E-state index in [9.17, 15) is 0 Å². The van der Waals surface area contributed by atoms with Crippen LogP contribution in [-0.2, 0) is 9.57 Å². The largest absolute Gasteiger partial charge is 0.483 e. The van der Waals surface area contributed by atoms with Crippen molar-refractivity contribution in [3.05, 3.63) is 84.3 Å². The molecule has 3 nitrogen and oxygen atoms in total. The van der Waals surface area contributed by atoms with Gasteiger partial charge in [-0.2, -0.15) is 0 Å². The lowest BCUT2D eigenvalue weighted by molar-refractivity contribution is 0.203. The third-order valence-electron chi connectivity index (χ3n) is 2.90. The van der Waals surface area contributed by atoms with E-state index in [0.29, 0.717) is 0 Å². The zero-order valence-corrected chi connectivity index (χ0v) is 10.3. The van der Waals surface area contributed by atoms with Gasteiger partial charge in [0.15, 0.2) is 12.4 Å². The van der Waals surface area contributed by atoms with Gasteiger partial charge in [-0.05, 0) is 5.56 Å². The Kier molecular flexibility index (Phi) is 3.28. The lowest BCUT2D eigenvalue weighted by atomic mass is 9.99. The molecule has 3 heteroatoms. The topological polar surface area (TPSA) is 30.8 Å². The highest BCUT2D eigenvalue weighted by molar-refractivity contribution is 6.04. The van der Waals surface area contributed by atoms with E-state index in [2.05, 4.69) is 5.16 Å². The molecule has 3 rings (SSSR count). The van der Waals surface area contributed by atoms with Crippen molar-refractivity contribution in [3.8, 4) is 0 Å². The maximum absolute atomic E-state index is 5.72. The summed E-state index contributed by atoms with van der Waals surface area (Å²) in [6.07, 6.45) is 2.70. The summed E-state index contributed by atoms with van der Waals surface area (Å²) in [7, 11) is 0. The molecule has 1 heterocycles. The van der Waals surface area contributed by atoms with Crippen molar-refractivity contribution in [2.45, 2.75) is 6.10 Å². The highest BCUT2D eigenvalue weighted by Crippen LogP contribution is 2.25. The third kappa shape index (κ3) is 2.50. The van der Waals surface area contributed by atoms with E-state index < -0.39 is 0 Å². The van der Waals surface area contributed by atoms with Gasteiger partial charge < -0.3 is 9.57 Å². The van der Waals surface area contributed by atoms with E-state index in [1.54, 1.807) is 0 Å². The summed E-state index contributed by atoms with van der Waals surface area (Å²) in [6, 6.07) is 19.9. The van der Waals surface area contributed by atoms with E-state index in [0.717, 1.165) is 16.8 Å². The van der Waals surface area contributed by atoms with Crippen LogP contribution in [0.2, 0.25) is 0 Å². The number of nitrogens with zero attached hydrogens (tertiary/aromatic N) is 1. The number of rotatable bonds is 2. The molecule has 0 saturated heterocycles. The Hall–Kier alpha value is -2.55. The van der Waals surface area contributed by atoms with Crippen LogP contribution < -0.4 is 0 Å².